The summed E-state index contributed by atoms with van der Waals surface area (Å²) in [5.74, 6) is 0.936. The molecule has 2 N–H and O–H groups in total. The predicted octanol–water partition coefficient (Wildman–Crippen LogP) is 0.926. The summed E-state index contributed by atoms with van der Waals surface area (Å²) in [6.45, 7) is 3.29. The van der Waals surface area contributed by atoms with Crippen molar-refractivity contribution in [3.63, 3.8) is 0 Å². The molecule has 0 aliphatic carbocycles. The standard InChI is InChI=1S/C12H16O5/c1-12(2)16-10-5-3-4-9(11(10)17-12)15-7-8(14)6-13/h3-5,8,13-14H,6-7H2,1-2H3. The van der Waals surface area contributed by atoms with Crippen molar-refractivity contribution in [2.75, 3.05) is 13.2 Å². The van der Waals surface area contributed by atoms with E-state index in [0.717, 1.165) is 0 Å². The van der Waals surface area contributed by atoms with Crippen LogP contribution in [0.15, 0.2) is 18.2 Å². The molecular weight excluding hydrogens is 224 g/mol. The topological polar surface area (TPSA) is 68.2 Å². The molecule has 0 saturated carbocycles. The lowest BCUT2D eigenvalue weighted by Crippen LogP contribution is -2.29. The van der Waals surface area contributed by atoms with E-state index >= 15 is 0 Å². The van der Waals surface area contributed by atoms with E-state index < -0.39 is 11.9 Å². The molecule has 0 saturated heterocycles. The minimum atomic E-state index is -0.902. The van der Waals surface area contributed by atoms with Gasteiger partial charge < -0.3 is 24.4 Å². The van der Waals surface area contributed by atoms with Gasteiger partial charge in [-0.25, -0.2) is 0 Å². The highest BCUT2D eigenvalue weighted by molar-refractivity contribution is 5.53. The summed E-state index contributed by atoms with van der Waals surface area (Å²) in [5.41, 5.74) is 0. The summed E-state index contributed by atoms with van der Waals surface area (Å²) in [4.78, 5) is 0. The molecule has 1 aromatic rings. The highest BCUT2D eigenvalue weighted by atomic mass is 16.7. The summed E-state index contributed by atoms with van der Waals surface area (Å²) in [6.07, 6.45) is -0.902. The maximum absolute atomic E-state index is 9.22. The summed E-state index contributed by atoms with van der Waals surface area (Å²) < 4.78 is 16.5. The molecule has 1 heterocycles. The molecule has 0 spiro atoms. The molecule has 1 aromatic carbocycles. The number of aliphatic hydroxyl groups is 2. The Kier molecular flexibility index (Phi) is 3.13. The molecule has 0 aromatic heterocycles. The van der Waals surface area contributed by atoms with Crippen molar-refractivity contribution in [3.05, 3.63) is 18.2 Å². The van der Waals surface area contributed by atoms with Crippen LogP contribution in [0, 0.1) is 0 Å². The third-order valence-electron chi connectivity index (χ3n) is 2.29. The Morgan fingerprint density at radius 3 is 2.82 bits per heavy atom. The largest absolute Gasteiger partial charge is 0.487 e. The highest BCUT2D eigenvalue weighted by Crippen LogP contribution is 2.45. The van der Waals surface area contributed by atoms with Crippen LogP contribution in [-0.2, 0) is 0 Å². The molecule has 0 bridgehead atoms. The zero-order valence-corrected chi connectivity index (χ0v) is 9.84. The second-order valence-corrected chi connectivity index (χ2v) is 4.33. The first kappa shape index (κ1) is 12.0. The van der Waals surface area contributed by atoms with E-state index in [1.807, 2.05) is 0 Å². The van der Waals surface area contributed by atoms with Gasteiger partial charge in [-0.05, 0) is 12.1 Å². The number of aliphatic hydroxyl groups excluding tert-OH is 2. The zero-order chi connectivity index (χ0) is 12.5. The summed E-state index contributed by atoms with van der Waals surface area (Å²) in [6, 6.07) is 5.30. The van der Waals surface area contributed by atoms with E-state index in [9.17, 15) is 5.11 Å². The van der Waals surface area contributed by atoms with Gasteiger partial charge in [-0.2, -0.15) is 0 Å². The third-order valence-corrected chi connectivity index (χ3v) is 2.29. The van der Waals surface area contributed by atoms with Gasteiger partial charge in [0.15, 0.2) is 11.5 Å². The van der Waals surface area contributed by atoms with Crippen LogP contribution in [0.1, 0.15) is 13.8 Å². The Labute approximate surface area is 99.5 Å². The minimum absolute atomic E-state index is 0.0107. The van der Waals surface area contributed by atoms with E-state index in [1.165, 1.54) is 0 Å². The monoisotopic (exact) mass is 240 g/mol. The van der Waals surface area contributed by atoms with Crippen LogP contribution in [0.3, 0.4) is 0 Å². The maximum Gasteiger partial charge on any atom is 0.246 e. The summed E-state index contributed by atoms with van der Waals surface area (Å²) >= 11 is 0. The first-order valence-corrected chi connectivity index (χ1v) is 5.44. The fraction of sp³-hybridized carbons (Fsp3) is 0.500. The van der Waals surface area contributed by atoms with Crippen LogP contribution in [0.5, 0.6) is 17.2 Å². The van der Waals surface area contributed by atoms with Crippen molar-refractivity contribution in [1.82, 2.24) is 0 Å². The lowest BCUT2D eigenvalue weighted by atomic mass is 10.3. The number of benzene rings is 1. The average Bonchev–Trinajstić information content (AvgIpc) is 2.60. The fourth-order valence-corrected chi connectivity index (χ4v) is 1.56. The van der Waals surface area contributed by atoms with Gasteiger partial charge in [0.25, 0.3) is 0 Å². The van der Waals surface area contributed by atoms with E-state index in [4.69, 9.17) is 19.3 Å². The minimum Gasteiger partial charge on any atom is -0.487 e. The molecule has 5 nitrogen and oxygen atoms in total. The van der Waals surface area contributed by atoms with Crippen LogP contribution in [-0.4, -0.2) is 35.3 Å². The van der Waals surface area contributed by atoms with Crippen molar-refractivity contribution in [1.29, 1.82) is 0 Å². The van der Waals surface area contributed by atoms with Gasteiger partial charge in [0.2, 0.25) is 11.5 Å². The first-order chi connectivity index (χ1) is 8.02. The Morgan fingerprint density at radius 2 is 2.12 bits per heavy atom. The summed E-state index contributed by atoms with van der Waals surface area (Å²) in [7, 11) is 0. The molecule has 2 rings (SSSR count). The number of hydrogen-bond donors (Lipinski definition) is 2. The highest BCUT2D eigenvalue weighted by Gasteiger charge is 2.34. The normalized spacial score (nSPS) is 17.9. The number of rotatable bonds is 4. The molecule has 1 atom stereocenters. The van der Waals surface area contributed by atoms with Gasteiger partial charge in [0.1, 0.15) is 12.7 Å². The second kappa shape index (κ2) is 4.43. The lowest BCUT2D eigenvalue weighted by molar-refractivity contribution is -0.0445. The van der Waals surface area contributed by atoms with Gasteiger partial charge >= 0.3 is 0 Å². The van der Waals surface area contributed by atoms with Crippen LogP contribution in [0.4, 0.5) is 0 Å². The van der Waals surface area contributed by atoms with E-state index in [2.05, 4.69) is 0 Å². The molecule has 0 fully saturated rings. The Bertz CT molecular complexity index is 402. The Hall–Kier alpha value is -1.46. The predicted molar refractivity (Wildman–Crippen MR) is 60.4 cm³/mol. The fourth-order valence-electron chi connectivity index (χ4n) is 1.56. The van der Waals surface area contributed by atoms with Crippen molar-refractivity contribution >= 4 is 0 Å². The Balaban J connectivity index is 2.13. The number of para-hydroxylation sites is 1. The van der Waals surface area contributed by atoms with E-state index in [0.29, 0.717) is 17.2 Å². The van der Waals surface area contributed by atoms with Crippen LogP contribution in [0.25, 0.3) is 0 Å². The van der Waals surface area contributed by atoms with Crippen molar-refractivity contribution in [3.8, 4) is 17.2 Å². The van der Waals surface area contributed by atoms with Gasteiger partial charge in [0, 0.05) is 13.8 Å². The first-order valence-electron chi connectivity index (χ1n) is 5.44. The molecule has 1 unspecified atom stereocenters. The maximum atomic E-state index is 9.22. The number of fused-ring (bicyclic) bond motifs is 1. The second-order valence-electron chi connectivity index (χ2n) is 4.33. The molecule has 5 heteroatoms. The summed E-state index contributed by atoms with van der Waals surface area (Å²) in [5, 5.41) is 17.9. The van der Waals surface area contributed by atoms with E-state index in [-0.39, 0.29) is 13.2 Å². The smallest absolute Gasteiger partial charge is 0.246 e. The van der Waals surface area contributed by atoms with E-state index in [1.54, 1.807) is 32.0 Å². The molecule has 17 heavy (non-hydrogen) atoms. The molecule has 0 amide bonds. The van der Waals surface area contributed by atoms with Crippen LogP contribution in [0.2, 0.25) is 0 Å². The SMILES string of the molecule is CC1(C)Oc2cccc(OCC(O)CO)c2O1. The zero-order valence-electron chi connectivity index (χ0n) is 9.84. The third kappa shape index (κ3) is 2.62. The van der Waals surface area contributed by atoms with Gasteiger partial charge in [-0.1, -0.05) is 6.07 Å². The molecule has 1 aliphatic heterocycles. The molecule has 1 aliphatic rings. The molecular formula is C12H16O5. The Morgan fingerprint density at radius 1 is 1.35 bits per heavy atom. The quantitative estimate of drug-likeness (QED) is 0.819. The van der Waals surface area contributed by atoms with Crippen molar-refractivity contribution in [2.24, 2.45) is 0 Å². The van der Waals surface area contributed by atoms with Crippen LogP contribution < -0.4 is 14.2 Å². The number of ether oxygens (including phenoxy) is 3. The lowest BCUT2D eigenvalue weighted by Gasteiger charge is -2.17. The van der Waals surface area contributed by atoms with Gasteiger partial charge in [-0.15, -0.1) is 0 Å². The van der Waals surface area contributed by atoms with Gasteiger partial charge in [0.05, 0.1) is 6.61 Å². The van der Waals surface area contributed by atoms with Gasteiger partial charge in [-0.3, -0.25) is 0 Å². The van der Waals surface area contributed by atoms with Crippen molar-refractivity contribution in [2.45, 2.75) is 25.7 Å². The molecule has 94 valence electrons. The van der Waals surface area contributed by atoms with Crippen LogP contribution >= 0.6 is 0 Å². The molecule has 0 radical (unpaired) electrons. The van der Waals surface area contributed by atoms with Crippen molar-refractivity contribution < 1.29 is 24.4 Å². The average molecular weight is 240 g/mol. The number of hydrogen-bond acceptors (Lipinski definition) is 5.